The molecule has 24 heavy (non-hydrogen) atoms. The van der Waals surface area contributed by atoms with Gasteiger partial charge < -0.3 is 24.6 Å². The van der Waals surface area contributed by atoms with E-state index in [4.69, 9.17) is 19.3 Å². The standard InChI is InChI=1S/C14H19NO6.C2H6.CH4/c1-3-20-13(17)9-15-14(18)10-4-5-11(21-7-6-16)12(8-10)19-2;1-2;/h4-5,8,16H,3,6-7,9H2,1-2H3,(H,15,18);1-2H3;1H4. The van der Waals surface area contributed by atoms with E-state index in [9.17, 15) is 9.59 Å². The molecule has 0 aromatic heterocycles. The summed E-state index contributed by atoms with van der Waals surface area (Å²) in [7, 11) is 1.45. The van der Waals surface area contributed by atoms with Crippen LogP contribution >= 0.6 is 0 Å². The summed E-state index contributed by atoms with van der Waals surface area (Å²) in [6.45, 7) is 5.77. The highest BCUT2D eigenvalue weighted by atomic mass is 16.5. The minimum atomic E-state index is -0.499. The monoisotopic (exact) mass is 343 g/mol. The highest BCUT2D eigenvalue weighted by Gasteiger charge is 2.12. The van der Waals surface area contributed by atoms with Gasteiger partial charge in [0.1, 0.15) is 13.2 Å². The van der Waals surface area contributed by atoms with Gasteiger partial charge in [-0.15, -0.1) is 0 Å². The van der Waals surface area contributed by atoms with Crippen molar-refractivity contribution in [3.63, 3.8) is 0 Å². The summed E-state index contributed by atoms with van der Waals surface area (Å²) in [5.41, 5.74) is 0.326. The molecule has 0 saturated carbocycles. The lowest BCUT2D eigenvalue weighted by molar-refractivity contribution is -0.141. The molecule has 0 bridgehead atoms. The average molecular weight is 343 g/mol. The summed E-state index contributed by atoms with van der Waals surface area (Å²) in [5.74, 6) is -0.128. The number of methoxy groups -OCH3 is 1. The summed E-state index contributed by atoms with van der Waals surface area (Å²) in [6.07, 6.45) is 0. The Hall–Kier alpha value is -2.28. The highest BCUT2D eigenvalue weighted by Crippen LogP contribution is 2.27. The second kappa shape index (κ2) is 14.3. The van der Waals surface area contributed by atoms with E-state index in [0.29, 0.717) is 17.1 Å². The highest BCUT2D eigenvalue weighted by molar-refractivity contribution is 5.96. The Labute approximate surface area is 143 Å². The molecule has 0 atom stereocenters. The van der Waals surface area contributed by atoms with Crippen molar-refractivity contribution in [3.8, 4) is 11.5 Å². The predicted molar refractivity (Wildman–Crippen MR) is 92.6 cm³/mol. The van der Waals surface area contributed by atoms with Crippen molar-refractivity contribution in [3.05, 3.63) is 23.8 Å². The second-order valence-electron chi connectivity index (χ2n) is 3.93. The minimum Gasteiger partial charge on any atom is -0.493 e. The first-order valence-corrected chi connectivity index (χ1v) is 7.47. The van der Waals surface area contributed by atoms with Crippen molar-refractivity contribution in [1.29, 1.82) is 0 Å². The molecule has 0 aliphatic carbocycles. The largest absolute Gasteiger partial charge is 0.493 e. The van der Waals surface area contributed by atoms with Gasteiger partial charge in [0.15, 0.2) is 11.5 Å². The molecule has 0 aliphatic heterocycles. The summed E-state index contributed by atoms with van der Waals surface area (Å²) in [4.78, 5) is 23.1. The van der Waals surface area contributed by atoms with Crippen LogP contribution in [0, 0.1) is 0 Å². The number of nitrogens with one attached hydrogen (secondary N) is 1. The van der Waals surface area contributed by atoms with E-state index in [1.807, 2.05) is 13.8 Å². The Morgan fingerprint density at radius 2 is 1.88 bits per heavy atom. The first kappa shape index (κ1) is 24.0. The van der Waals surface area contributed by atoms with Crippen molar-refractivity contribution in [2.24, 2.45) is 0 Å². The first-order chi connectivity index (χ1) is 11.1. The van der Waals surface area contributed by atoms with E-state index in [1.54, 1.807) is 13.0 Å². The van der Waals surface area contributed by atoms with Crippen LogP contribution in [0.2, 0.25) is 0 Å². The van der Waals surface area contributed by atoms with Crippen LogP contribution in [0.1, 0.15) is 38.6 Å². The van der Waals surface area contributed by atoms with Gasteiger partial charge in [0.25, 0.3) is 5.91 Å². The van der Waals surface area contributed by atoms with Gasteiger partial charge in [0.2, 0.25) is 0 Å². The molecule has 0 aliphatic rings. The van der Waals surface area contributed by atoms with Crippen molar-refractivity contribution >= 4 is 11.9 Å². The van der Waals surface area contributed by atoms with Crippen LogP contribution in [-0.2, 0) is 9.53 Å². The van der Waals surface area contributed by atoms with Crippen LogP contribution in [0.3, 0.4) is 0 Å². The van der Waals surface area contributed by atoms with Crippen molar-refractivity contribution < 1.29 is 28.9 Å². The summed E-state index contributed by atoms with van der Waals surface area (Å²) in [5, 5.41) is 11.2. The smallest absolute Gasteiger partial charge is 0.325 e. The quantitative estimate of drug-likeness (QED) is 0.701. The average Bonchev–Trinajstić information content (AvgIpc) is 2.59. The number of esters is 1. The second-order valence-corrected chi connectivity index (χ2v) is 3.93. The number of aliphatic hydroxyl groups excluding tert-OH is 1. The van der Waals surface area contributed by atoms with Crippen molar-refractivity contribution in [2.45, 2.75) is 28.2 Å². The molecule has 1 amide bonds. The number of hydrogen-bond acceptors (Lipinski definition) is 6. The number of amides is 1. The van der Waals surface area contributed by atoms with E-state index < -0.39 is 11.9 Å². The van der Waals surface area contributed by atoms with Crippen LogP contribution < -0.4 is 14.8 Å². The van der Waals surface area contributed by atoms with Gasteiger partial charge in [0, 0.05) is 5.56 Å². The molecule has 0 unspecified atom stereocenters. The maximum absolute atomic E-state index is 11.9. The molecular formula is C17H29NO6. The Bertz CT molecular complexity index is 490. The molecule has 0 heterocycles. The lowest BCUT2D eigenvalue weighted by atomic mass is 10.2. The topological polar surface area (TPSA) is 94.1 Å². The molecular weight excluding hydrogens is 314 g/mol. The fraction of sp³-hybridized carbons (Fsp3) is 0.529. The van der Waals surface area contributed by atoms with Crippen LogP contribution in [0.15, 0.2) is 18.2 Å². The number of ether oxygens (including phenoxy) is 3. The predicted octanol–water partition coefficient (Wildman–Crippen LogP) is 2.02. The maximum Gasteiger partial charge on any atom is 0.325 e. The maximum atomic E-state index is 11.9. The molecule has 0 fully saturated rings. The Kier molecular flexibility index (Phi) is 14.3. The lowest BCUT2D eigenvalue weighted by Crippen LogP contribution is -2.30. The van der Waals surface area contributed by atoms with Crippen LogP contribution in [-0.4, -0.2) is 50.5 Å². The summed E-state index contributed by atoms with van der Waals surface area (Å²) in [6, 6.07) is 4.59. The van der Waals surface area contributed by atoms with E-state index in [-0.39, 0.29) is 33.8 Å². The zero-order valence-electron chi connectivity index (χ0n) is 14.0. The molecule has 0 spiro atoms. The van der Waals surface area contributed by atoms with Gasteiger partial charge >= 0.3 is 5.97 Å². The van der Waals surface area contributed by atoms with Crippen LogP contribution in [0.5, 0.6) is 11.5 Å². The summed E-state index contributed by atoms with van der Waals surface area (Å²) < 4.78 is 15.1. The Morgan fingerprint density at radius 1 is 1.21 bits per heavy atom. The Morgan fingerprint density at radius 3 is 2.42 bits per heavy atom. The minimum absolute atomic E-state index is 0. The van der Waals surface area contributed by atoms with E-state index in [0.717, 1.165) is 0 Å². The van der Waals surface area contributed by atoms with Crippen molar-refractivity contribution in [1.82, 2.24) is 5.32 Å². The fourth-order valence-electron chi connectivity index (χ4n) is 1.55. The number of carbonyl (C=O) groups excluding carboxylic acids is 2. The number of aliphatic hydroxyl groups is 1. The van der Waals surface area contributed by atoms with Gasteiger partial charge in [-0.25, -0.2) is 0 Å². The third kappa shape index (κ3) is 8.38. The number of benzene rings is 1. The molecule has 7 heteroatoms. The third-order valence-electron chi connectivity index (χ3n) is 2.47. The number of hydrogen-bond donors (Lipinski definition) is 2. The zero-order chi connectivity index (χ0) is 17.7. The number of rotatable bonds is 8. The van der Waals surface area contributed by atoms with Gasteiger partial charge in [-0.05, 0) is 25.1 Å². The van der Waals surface area contributed by atoms with Gasteiger partial charge in [-0.1, -0.05) is 21.3 Å². The molecule has 0 saturated heterocycles. The molecule has 138 valence electrons. The normalized spacial score (nSPS) is 8.88. The van der Waals surface area contributed by atoms with Gasteiger partial charge in [-0.2, -0.15) is 0 Å². The molecule has 7 nitrogen and oxygen atoms in total. The molecule has 2 N–H and O–H groups in total. The molecule has 0 radical (unpaired) electrons. The van der Waals surface area contributed by atoms with Crippen LogP contribution in [0.4, 0.5) is 0 Å². The number of carbonyl (C=O) groups is 2. The van der Waals surface area contributed by atoms with E-state index in [1.165, 1.54) is 19.2 Å². The van der Waals surface area contributed by atoms with E-state index >= 15 is 0 Å². The van der Waals surface area contributed by atoms with Crippen LogP contribution in [0.25, 0.3) is 0 Å². The molecule has 1 aromatic rings. The fourth-order valence-corrected chi connectivity index (χ4v) is 1.55. The molecule has 1 rings (SSSR count). The third-order valence-corrected chi connectivity index (χ3v) is 2.47. The van der Waals surface area contributed by atoms with Crippen molar-refractivity contribution in [2.75, 3.05) is 33.5 Å². The Balaban J connectivity index is 0. The summed E-state index contributed by atoms with van der Waals surface area (Å²) >= 11 is 0. The molecule has 1 aromatic carbocycles. The van der Waals surface area contributed by atoms with Gasteiger partial charge in [0.05, 0.1) is 20.3 Å². The van der Waals surface area contributed by atoms with E-state index in [2.05, 4.69) is 5.32 Å². The van der Waals surface area contributed by atoms with Gasteiger partial charge in [-0.3, -0.25) is 9.59 Å². The SMILES string of the molecule is C.CC.CCOC(=O)CNC(=O)c1ccc(OCCO)c(OC)c1. The zero-order valence-corrected chi connectivity index (χ0v) is 14.0. The first-order valence-electron chi connectivity index (χ1n) is 7.47. The lowest BCUT2D eigenvalue weighted by Gasteiger charge is -2.11.